The quantitative estimate of drug-likeness (QED) is 0.603. The molecule has 0 bridgehead atoms. The summed E-state index contributed by atoms with van der Waals surface area (Å²) in [4.78, 5) is 33.7. The number of hydrogen-bond acceptors (Lipinski definition) is 3. The molecule has 0 saturated carbocycles. The van der Waals surface area contributed by atoms with E-state index in [2.05, 4.69) is 5.32 Å². The minimum absolute atomic E-state index is 0.172. The summed E-state index contributed by atoms with van der Waals surface area (Å²) < 4.78 is 0. The second-order valence-corrected chi connectivity index (χ2v) is 2.68. The molecule has 1 fully saturated rings. The summed E-state index contributed by atoms with van der Waals surface area (Å²) in [7, 11) is 0. The van der Waals surface area contributed by atoms with E-state index in [-0.39, 0.29) is 13.0 Å². The molecular formula is C7H10N2O4. The van der Waals surface area contributed by atoms with Crippen LogP contribution in [0.4, 0.5) is 4.79 Å². The summed E-state index contributed by atoms with van der Waals surface area (Å²) in [5.74, 6) is -1.63. The highest BCUT2D eigenvalue weighted by Gasteiger charge is 2.34. The predicted octanol–water partition coefficient (Wildman–Crippen LogP) is -0.599. The van der Waals surface area contributed by atoms with E-state index in [0.717, 1.165) is 4.90 Å². The highest BCUT2D eigenvalue weighted by atomic mass is 16.4. The Bertz CT molecular complexity index is 245. The zero-order valence-electron chi connectivity index (χ0n) is 7.11. The Kier molecular flexibility index (Phi) is 2.50. The number of carboxylic acid groups (broad SMARTS) is 1. The molecule has 13 heavy (non-hydrogen) atoms. The van der Waals surface area contributed by atoms with Crippen LogP contribution in [0.5, 0.6) is 0 Å². The average molecular weight is 186 g/mol. The van der Waals surface area contributed by atoms with E-state index in [4.69, 9.17) is 5.11 Å². The third-order valence-electron chi connectivity index (χ3n) is 1.84. The van der Waals surface area contributed by atoms with Crippen molar-refractivity contribution in [2.45, 2.75) is 19.4 Å². The topological polar surface area (TPSA) is 86.7 Å². The fourth-order valence-corrected chi connectivity index (χ4v) is 1.15. The monoisotopic (exact) mass is 186 g/mol. The van der Waals surface area contributed by atoms with Crippen molar-refractivity contribution in [3.8, 4) is 0 Å². The van der Waals surface area contributed by atoms with Crippen LogP contribution in [0.25, 0.3) is 0 Å². The van der Waals surface area contributed by atoms with Crippen molar-refractivity contribution < 1.29 is 19.5 Å². The minimum Gasteiger partial charge on any atom is -0.480 e. The first-order chi connectivity index (χ1) is 6.06. The Morgan fingerprint density at radius 3 is 2.69 bits per heavy atom. The molecule has 3 amide bonds. The SMILES string of the molecule is CCN1C(=O)C[C@@H](C(=O)O)NC1=O. The molecule has 2 N–H and O–H groups in total. The number of carbonyl (C=O) groups excluding carboxylic acids is 2. The van der Waals surface area contributed by atoms with Gasteiger partial charge in [0.2, 0.25) is 5.91 Å². The van der Waals surface area contributed by atoms with Gasteiger partial charge in [-0.1, -0.05) is 0 Å². The lowest BCUT2D eigenvalue weighted by atomic mass is 10.1. The van der Waals surface area contributed by atoms with Crippen LogP contribution in [-0.2, 0) is 9.59 Å². The highest BCUT2D eigenvalue weighted by molar-refractivity contribution is 6.01. The lowest BCUT2D eigenvalue weighted by Crippen LogP contribution is -2.56. The van der Waals surface area contributed by atoms with Crippen LogP contribution in [0.15, 0.2) is 0 Å². The van der Waals surface area contributed by atoms with Gasteiger partial charge in [-0.05, 0) is 6.92 Å². The Balaban J connectivity index is 2.73. The van der Waals surface area contributed by atoms with Crippen molar-refractivity contribution in [1.82, 2.24) is 10.2 Å². The van der Waals surface area contributed by atoms with E-state index in [1.54, 1.807) is 6.92 Å². The van der Waals surface area contributed by atoms with Crippen LogP contribution in [0.3, 0.4) is 0 Å². The van der Waals surface area contributed by atoms with Crippen molar-refractivity contribution in [1.29, 1.82) is 0 Å². The number of nitrogens with one attached hydrogen (secondary N) is 1. The van der Waals surface area contributed by atoms with E-state index in [1.165, 1.54) is 0 Å². The van der Waals surface area contributed by atoms with Gasteiger partial charge < -0.3 is 10.4 Å². The lowest BCUT2D eigenvalue weighted by Gasteiger charge is -2.28. The van der Waals surface area contributed by atoms with Gasteiger partial charge in [0.15, 0.2) is 0 Å². The molecular weight excluding hydrogens is 176 g/mol. The highest BCUT2D eigenvalue weighted by Crippen LogP contribution is 2.06. The molecule has 1 heterocycles. The summed E-state index contributed by atoms with van der Waals surface area (Å²) in [6.07, 6.45) is -0.172. The van der Waals surface area contributed by atoms with Crippen molar-refractivity contribution in [3.05, 3.63) is 0 Å². The van der Waals surface area contributed by atoms with Crippen LogP contribution in [0.2, 0.25) is 0 Å². The number of urea groups is 1. The molecule has 1 rings (SSSR count). The molecule has 0 spiro atoms. The van der Waals surface area contributed by atoms with E-state index in [9.17, 15) is 14.4 Å². The molecule has 1 aliphatic rings. The molecule has 0 aromatic rings. The molecule has 0 aromatic heterocycles. The largest absolute Gasteiger partial charge is 0.480 e. The first kappa shape index (κ1) is 9.50. The number of amides is 3. The molecule has 6 heteroatoms. The van der Waals surface area contributed by atoms with Crippen LogP contribution < -0.4 is 5.32 Å². The van der Waals surface area contributed by atoms with Gasteiger partial charge in [0.25, 0.3) is 0 Å². The Hall–Kier alpha value is -1.59. The standard InChI is InChI=1S/C7H10N2O4/c1-2-9-5(10)3-4(6(11)12)8-7(9)13/h4H,2-3H2,1H3,(H,8,13)(H,11,12)/t4-/m0/s1. The van der Waals surface area contributed by atoms with E-state index < -0.39 is 23.9 Å². The van der Waals surface area contributed by atoms with Crippen molar-refractivity contribution >= 4 is 17.9 Å². The number of carboxylic acids is 1. The van der Waals surface area contributed by atoms with Crippen LogP contribution in [0.1, 0.15) is 13.3 Å². The number of carbonyl (C=O) groups is 3. The molecule has 72 valence electrons. The normalized spacial score (nSPS) is 22.8. The fourth-order valence-electron chi connectivity index (χ4n) is 1.15. The van der Waals surface area contributed by atoms with Gasteiger partial charge in [-0.3, -0.25) is 9.69 Å². The summed E-state index contributed by atoms with van der Waals surface area (Å²) in [5.41, 5.74) is 0. The second kappa shape index (κ2) is 3.42. The Labute approximate surface area is 74.5 Å². The first-order valence-electron chi connectivity index (χ1n) is 3.90. The molecule has 6 nitrogen and oxygen atoms in total. The van der Waals surface area contributed by atoms with Gasteiger partial charge in [-0.25, -0.2) is 9.59 Å². The maximum Gasteiger partial charge on any atom is 0.326 e. The zero-order chi connectivity index (χ0) is 10.0. The second-order valence-electron chi connectivity index (χ2n) is 2.68. The number of imide groups is 1. The maximum atomic E-state index is 11.2. The number of hydrogen-bond donors (Lipinski definition) is 2. The van der Waals surface area contributed by atoms with Gasteiger partial charge in [-0.15, -0.1) is 0 Å². The summed E-state index contributed by atoms with van der Waals surface area (Å²) in [6, 6.07) is -1.71. The fraction of sp³-hybridized carbons (Fsp3) is 0.571. The molecule has 1 aliphatic heterocycles. The van der Waals surface area contributed by atoms with E-state index in [1.807, 2.05) is 0 Å². The average Bonchev–Trinajstić information content (AvgIpc) is 2.03. The van der Waals surface area contributed by atoms with Crippen LogP contribution in [0, 0.1) is 0 Å². The summed E-state index contributed by atoms with van der Waals surface area (Å²) in [6.45, 7) is 1.91. The minimum atomic E-state index is -1.18. The lowest BCUT2D eigenvalue weighted by molar-refractivity contribution is -0.144. The molecule has 0 aliphatic carbocycles. The number of rotatable bonds is 2. The number of aliphatic carboxylic acids is 1. The summed E-state index contributed by atoms with van der Waals surface area (Å²) in [5, 5.41) is 10.8. The van der Waals surface area contributed by atoms with Crippen molar-refractivity contribution in [2.75, 3.05) is 6.54 Å². The summed E-state index contributed by atoms with van der Waals surface area (Å²) >= 11 is 0. The van der Waals surface area contributed by atoms with Crippen molar-refractivity contribution in [3.63, 3.8) is 0 Å². The molecule has 1 atom stereocenters. The van der Waals surface area contributed by atoms with E-state index >= 15 is 0 Å². The maximum absolute atomic E-state index is 11.2. The molecule has 0 unspecified atom stereocenters. The molecule has 0 aromatic carbocycles. The third-order valence-corrected chi connectivity index (χ3v) is 1.84. The van der Waals surface area contributed by atoms with Crippen molar-refractivity contribution in [2.24, 2.45) is 0 Å². The van der Waals surface area contributed by atoms with Crippen LogP contribution in [-0.4, -0.2) is 40.5 Å². The number of nitrogens with zero attached hydrogens (tertiary/aromatic N) is 1. The predicted molar refractivity (Wildman–Crippen MR) is 42.0 cm³/mol. The van der Waals surface area contributed by atoms with Gasteiger partial charge >= 0.3 is 12.0 Å². The smallest absolute Gasteiger partial charge is 0.326 e. The molecule has 1 saturated heterocycles. The Morgan fingerprint density at radius 2 is 2.31 bits per heavy atom. The third kappa shape index (κ3) is 1.77. The van der Waals surface area contributed by atoms with Crippen LogP contribution >= 0.6 is 0 Å². The van der Waals surface area contributed by atoms with Gasteiger partial charge in [0.1, 0.15) is 6.04 Å². The zero-order valence-corrected chi connectivity index (χ0v) is 7.11. The van der Waals surface area contributed by atoms with Gasteiger partial charge in [0.05, 0.1) is 6.42 Å². The Morgan fingerprint density at radius 1 is 1.69 bits per heavy atom. The van der Waals surface area contributed by atoms with Gasteiger partial charge in [0, 0.05) is 6.54 Å². The molecule has 0 radical (unpaired) electrons. The van der Waals surface area contributed by atoms with Gasteiger partial charge in [-0.2, -0.15) is 0 Å². The van der Waals surface area contributed by atoms with E-state index in [0.29, 0.717) is 0 Å². The first-order valence-corrected chi connectivity index (χ1v) is 3.90.